The first-order chi connectivity index (χ1) is 9.41. The molecule has 0 radical (unpaired) electrons. The van der Waals surface area contributed by atoms with E-state index in [-0.39, 0.29) is 19.1 Å². The Morgan fingerprint density at radius 3 is 2.20 bits per heavy atom. The van der Waals surface area contributed by atoms with Crippen molar-refractivity contribution in [3.63, 3.8) is 0 Å². The van der Waals surface area contributed by atoms with Crippen LogP contribution >= 0.6 is 0 Å². The number of hydrogen-bond acceptors (Lipinski definition) is 5. The highest BCUT2D eigenvalue weighted by Gasteiger charge is 2.21. The molecule has 6 heteroatoms. The minimum Gasteiger partial charge on any atom is -0.497 e. The minimum absolute atomic E-state index is 0.0825. The Bertz CT molecular complexity index is 437. The fourth-order valence-corrected chi connectivity index (χ4v) is 1.67. The Morgan fingerprint density at radius 2 is 1.75 bits per heavy atom. The van der Waals surface area contributed by atoms with E-state index < -0.39 is 5.60 Å². The molecule has 0 saturated carbocycles. The molecular formula is C14H21NO5. The van der Waals surface area contributed by atoms with Gasteiger partial charge in [-0.15, -0.1) is 0 Å². The quantitative estimate of drug-likeness (QED) is 0.775. The second-order valence-electron chi connectivity index (χ2n) is 4.71. The van der Waals surface area contributed by atoms with Crippen LogP contribution in [0.3, 0.4) is 0 Å². The minimum atomic E-state index is -1.12. The van der Waals surface area contributed by atoms with Crippen LogP contribution in [0.4, 0.5) is 0 Å². The van der Waals surface area contributed by atoms with Crippen LogP contribution in [0, 0.1) is 0 Å². The fourth-order valence-electron chi connectivity index (χ4n) is 1.67. The molecule has 0 saturated heterocycles. The van der Waals surface area contributed by atoms with E-state index in [0.717, 1.165) is 0 Å². The largest absolute Gasteiger partial charge is 0.497 e. The van der Waals surface area contributed by atoms with Crippen LogP contribution in [0.2, 0.25) is 0 Å². The highest BCUT2D eigenvalue weighted by atomic mass is 16.5. The molecule has 0 aliphatic heterocycles. The molecule has 112 valence electrons. The van der Waals surface area contributed by atoms with Crippen LogP contribution in [0.5, 0.6) is 11.5 Å². The number of benzene rings is 1. The molecule has 0 aliphatic carbocycles. The fraction of sp³-hybridized carbons (Fsp3) is 0.500. The van der Waals surface area contributed by atoms with E-state index in [9.17, 15) is 9.90 Å². The molecule has 0 fully saturated rings. The average molecular weight is 283 g/mol. The summed E-state index contributed by atoms with van der Waals surface area (Å²) in [7, 11) is 4.52. The zero-order chi connectivity index (χ0) is 15.2. The van der Waals surface area contributed by atoms with Gasteiger partial charge in [0.2, 0.25) is 0 Å². The van der Waals surface area contributed by atoms with Crippen LogP contribution in [0.15, 0.2) is 18.2 Å². The summed E-state index contributed by atoms with van der Waals surface area (Å²) in [5, 5.41) is 12.6. The van der Waals surface area contributed by atoms with Crippen molar-refractivity contribution in [2.75, 3.05) is 34.5 Å². The maximum absolute atomic E-state index is 12.1. The molecule has 2 N–H and O–H groups in total. The number of ether oxygens (including phenoxy) is 3. The SMILES string of the molecule is COC[C@@](C)(O)CNC(=O)c1cc(OC)cc(OC)c1. The van der Waals surface area contributed by atoms with E-state index in [1.807, 2.05) is 0 Å². The summed E-state index contributed by atoms with van der Waals surface area (Å²) in [4.78, 5) is 12.1. The third-order valence-electron chi connectivity index (χ3n) is 2.70. The maximum Gasteiger partial charge on any atom is 0.251 e. The Hall–Kier alpha value is -1.79. The molecule has 1 rings (SSSR count). The van der Waals surface area contributed by atoms with E-state index in [0.29, 0.717) is 17.1 Å². The third-order valence-corrected chi connectivity index (χ3v) is 2.70. The first-order valence-corrected chi connectivity index (χ1v) is 6.14. The van der Waals surface area contributed by atoms with Crippen molar-refractivity contribution in [2.45, 2.75) is 12.5 Å². The summed E-state index contributed by atoms with van der Waals surface area (Å²) in [6.07, 6.45) is 0. The zero-order valence-corrected chi connectivity index (χ0v) is 12.2. The van der Waals surface area contributed by atoms with Gasteiger partial charge < -0.3 is 24.6 Å². The van der Waals surface area contributed by atoms with E-state index in [1.165, 1.54) is 21.3 Å². The molecule has 1 aromatic carbocycles. The van der Waals surface area contributed by atoms with E-state index in [1.54, 1.807) is 25.1 Å². The lowest BCUT2D eigenvalue weighted by atomic mass is 10.1. The van der Waals surface area contributed by atoms with Crippen molar-refractivity contribution >= 4 is 5.91 Å². The summed E-state index contributed by atoms with van der Waals surface area (Å²) >= 11 is 0. The Labute approximate surface area is 118 Å². The standard InChI is InChI=1S/C14H21NO5/c1-14(17,9-18-2)8-15-13(16)10-5-11(19-3)7-12(6-10)20-4/h5-7,17H,8-9H2,1-4H3,(H,15,16)/t14-/m0/s1. The highest BCUT2D eigenvalue weighted by molar-refractivity contribution is 5.95. The van der Waals surface area contributed by atoms with Crippen LogP contribution in [-0.4, -0.2) is 51.1 Å². The first-order valence-electron chi connectivity index (χ1n) is 6.14. The number of rotatable bonds is 7. The van der Waals surface area contributed by atoms with Gasteiger partial charge in [0.25, 0.3) is 5.91 Å². The van der Waals surface area contributed by atoms with Crippen LogP contribution in [-0.2, 0) is 4.74 Å². The van der Waals surface area contributed by atoms with Crippen LogP contribution in [0.1, 0.15) is 17.3 Å². The normalized spacial score (nSPS) is 13.4. The molecular weight excluding hydrogens is 262 g/mol. The lowest BCUT2D eigenvalue weighted by Gasteiger charge is -2.22. The Morgan fingerprint density at radius 1 is 1.20 bits per heavy atom. The number of hydrogen-bond donors (Lipinski definition) is 2. The maximum atomic E-state index is 12.1. The molecule has 1 atom stereocenters. The van der Waals surface area contributed by atoms with Gasteiger partial charge in [0.15, 0.2) is 0 Å². The molecule has 0 bridgehead atoms. The number of carbonyl (C=O) groups is 1. The number of carbonyl (C=O) groups excluding carboxylic acids is 1. The second-order valence-corrected chi connectivity index (χ2v) is 4.71. The predicted octanol–water partition coefficient (Wildman–Crippen LogP) is 0.831. The molecule has 1 aromatic rings. The van der Waals surface area contributed by atoms with Crippen molar-refractivity contribution in [2.24, 2.45) is 0 Å². The van der Waals surface area contributed by atoms with Gasteiger partial charge in [-0.2, -0.15) is 0 Å². The van der Waals surface area contributed by atoms with Gasteiger partial charge in [-0.25, -0.2) is 0 Å². The summed E-state index contributed by atoms with van der Waals surface area (Å²) in [6.45, 7) is 1.80. The van der Waals surface area contributed by atoms with Gasteiger partial charge in [0.05, 0.1) is 20.8 Å². The lowest BCUT2D eigenvalue weighted by molar-refractivity contribution is -0.0147. The molecule has 0 aliphatic rings. The molecule has 20 heavy (non-hydrogen) atoms. The van der Waals surface area contributed by atoms with Crippen molar-refractivity contribution in [1.82, 2.24) is 5.32 Å². The van der Waals surface area contributed by atoms with Crippen LogP contribution in [0.25, 0.3) is 0 Å². The number of nitrogens with one attached hydrogen (secondary N) is 1. The van der Waals surface area contributed by atoms with Gasteiger partial charge in [-0.3, -0.25) is 4.79 Å². The van der Waals surface area contributed by atoms with Crippen molar-refractivity contribution in [3.8, 4) is 11.5 Å². The van der Waals surface area contributed by atoms with Crippen molar-refractivity contribution in [1.29, 1.82) is 0 Å². The molecule has 0 aromatic heterocycles. The van der Waals surface area contributed by atoms with Gasteiger partial charge in [-0.1, -0.05) is 0 Å². The van der Waals surface area contributed by atoms with Gasteiger partial charge in [-0.05, 0) is 19.1 Å². The lowest BCUT2D eigenvalue weighted by Crippen LogP contribution is -2.43. The molecule has 0 spiro atoms. The van der Waals surface area contributed by atoms with Gasteiger partial charge in [0, 0.05) is 25.3 Å². The summed E-state index contributed by atoms with van der Waals surface area (Å²) in [6, 6.07) is 4.88. The van der Waals surface area contributed by atoms with Gasteiger partial charge in [0.1, 0.15) is 17.1 Å². The number of aliphatic hydroxyl groups is 1. The third kappa shape index (κ3) is 4.71. The zero-order valence-electron chi connectivity index (χ0n) is 12.2. The molecule has 6 nitrogen and oxygen atoms in total. The highest BCUT2D eigenvalue weighted by Crippen LogP contribution is 2.22. The summed E-state index contributed by atoms with van der Waals surface area (Å²) in [5.41, 5.74) is -0.720. The number of amides is 1. The van der Waals surface area contributed by atoms with E-state index in [2.05, 4.69) is 5.32 Å². The Kier molecular flexibility index (Phi) is 5.79. The topological polar surface area (TPSA) is 77.0 Å². The Balaban J connectivity index is 2.77. The second kappa shape index (κ2) is 7.12. The molecule has 0 unspecified atom stereocenters. The summed E-state index contributed by atoms with van der Waals surface area (Å²) in [5.74, 6) is 0.731. The number of methoxy groups -OCH3 is 3. The predicted molar refractivity (Wildman–Crippen MR) is 74.4 cm³/mol. The summed E-state index contributed by atoms with van der Waals surface area (Å²) < 4.78 is 15.1. The van der Waals surface area contributed by atoms with Gasteiger partial charge >= 0.3 is 0 Å². The average Bonchev–Trinajstić information content (AvgIpc) is 2.44. The molecule has 1 amide bonds. The van der Waals surface area contributed by atoms with Crippen molar-refractivity contribution in [3.05, 3.63) is 23.8 Å². The monoisotopic (exact) mass is 283 g/mol. The van der Waals surface area contributed by atoms with Crippen LogP contribution < -0.4 is 14.8 Å². The van der Waals surface area contributed by atoms with E-state index >= 15 is 0 Å². The molecule has 0 heterocycles. The smallest absolute Gasteiger partial charge is 0.251 e. The first kappa shape index (κ1) is 16.3. The van der Waals surface area contributed by atoms with Crippen molar-refractivity contribution < 1.29 is 24.1 Å². The van der Waals surface area contributed by atoms with E-state index in [4.69, 9.17) is 14.2 Å².